The van der Waals surface area contributed by atoms with E-state index in [4.69, 9.17) is 4.74 Å². The number of rotatable bonds is 3. The lowest BCUT2D eigenvalue weighted by Gasteiger charge is -2.46. The first kappa shape index (κ1) is 14.7. The number of fused-ring (bicyclic) bond motifs is 2. The molecule has 1 aromatic carbocycles. The molecule has 3 nitrogen and oxygen atoms in total. The molecule has 2 fully saturated rings. The average molecular weight is 287 g/mol. The Balaban J connectivity index is 1.73. The normalized spacial score (nSPS) is 29.6. The molecule has 114 valence electrons. The maximum Gasteiger partial charge on any atom is 0.166 e. The Morgan fingerprint density at radius 1 is 1.14 bits per heavy atom. The van der Waals surface area contributed by atoms with Crippen LogP contribution in [-0.2, 0) is 4.74 Å². The van der Waals surface area contributed by atoms with Gasteiger partial charge in [-0.1, -0.05) is 38.1 Å². The van der Waals surface area contributed by atoms with Gasteiger partial charge in [-0.3, -0.25) is 9.69 Å². The molecule has 0 radical (unpaired) electrons. The van der Waals surface area contributed by atoms with Gasteiger partial charge in [-0.15, -0.1) is 0 Å². The van der Waals surface area contributed by atoms with Gasteiger partial charge in [-0.25, -0.2) is 0 Å². The molecule has 2 atom stereocenters. The summed E-state index contributed by atoms with van der Waals surface area (Å²) in [5, 5.41) is 0. The highest BCUT2D eigenvalue weighted by molar-refractivity contribution is 5.98. The Morgan fingerprint density at radius 2 is 1.71 bits per heavy atom. The zero-order chi connectivity index (χ0) is 15.0. The van der Waals surface area contributed by atoms with Crippen LogP contribution in [0.1, 0.15) is 48.5 Å². The van der Waals surface area contributed by atoms with Crippen molar-refractivity contribution in [2.45, 2.75) is 44.7 Å². The van der Waals surface area contributed by atoms with Gasteiger partial charge in [0, 0.05) is 23.6 Å². The number of Topliss-reactive ketones (excluding diaryl/α,β-unsaturated/α-hetero) is 1. The maximum atomic E-state index is 12.8. The van der Waals surface area contributed by atoms with Crippen LogP contribution in [-0.4, -0.2) is 43.0 Å². The first-order valence-corrected chi connectivity index (χ1v) is 8.00. The van der Waals surface area contributed by atoms with E-state index in [0.29, 0.717) is 23.8 Å². The highest BCUT2D eigenvalue weighted by Crippen LogP contribution is 2.32. The van der Waals surface area contributed by atoms with Crippen LogP contribution < -0.4 is 0 Å². The minimum Gasteiger partial charge on any atom is -0.378 e. The van der Waals surface area contributed by atoms with Gasteiger partial charge in [0.15, 0.2) is 5.78 Å². The topological polar surface area (TPSA) is 29.5 Å². The second-order valence-corrected chi connectivity index (χ2v) is 6.82. The smallest absolute Gasteiger partial charge is 0.166 e. The van der Waals surface area contributed by atoms with Crippen molar-refractivity contribution >= 4 is 5.78 Å². The van der Waals surface area contributed by atoms with Crippen molar-refractivity contribution in [1.29, 1.82) is 0 Å². The number of benzene rings is 1. The van der Waals surface area contributed by atoms with Crippen LogP contribution in [0.4, 0.5) is 0 Å². The summed E-state index contributed by atoms with van der Waals surface area (Å²) in [6, 6.07) is 9.00. The third-order valence-electron chi connectivity index (χ3n) is 5.12. The number of hydrogen-bond donors (Lipinski definition) is 0. The Bertz CT molecular complexity index is 494. The number of ketones is 1. The molecule has 3 heteroatoms. The second kappa shape index (κ2) is 5.90. The Kier molecular flexibility index (Phi) is 4.14. The monoisotopic (exact) mass is 287 g/mol. The fourth-order valence-electron chi connectivity index (χ4n) is 3.58. The van der Waals surface area contributed by atoms with E-state index in [0.717, 1.165) is 31.6 Å². The summed E-state index contributed by atoms with van der Waals surface area (Å²) in [5.41, 5.74) is 2.16. The third kappa shape index (κ3) is 2.90. The number of nitrogens with zero attached hydrogens (tertiary/aromatic N) is 1. The van der Waals surface area contributed by atoms with Gasteiger partial charge in [-0.05, 0) is 31.4 Å². The van der Waals surface area contributed by atoms with E-state index in [2.05, 4.69) is 37.9 Å². The lowest BCUT2D eigenvalue weighted by atomic mass is 9.81. The van der Waals surface area contributed by atoms with E-state index >= 15 is 0 Å². The van der Waals surface area contributed by atoms with Crippen molar-refractivity contribution < 1.29 is 9.53 Å². The molecule has 2 aliphatic rings. The molecule has 0 aliphatic carbocycles. The predicted octanol–water partition coefficient (Wildman–Crippen LogP) is 3.10. The van der Waals surface area contributed by atoms with E-state index in [1.54, 1.807) is 0 Å². The molecular formula is C18H25NO2. The summed E-state index contributed by atoms with van der Waals surface area (Å²) in [7, 11) is 2.16. The van der Waals surface area contributed by atoms with Gasteiger partial charge in [0.05, 0.1) is 13.2 Å². The molecular weight excluding hydrogens is 262 g/mol. The predicted molar refractivity (Wildman–Crippen MR) is 83.7 cm³/mol. The Labute approximate surface area is 127 Å². The molecule has 2 saturated heterocycles. The minimum absolute atomic E-state index is 0.157. The molecule has 1 aromatic rings. The SMILES string of the molecule is CC(C)c1ccc(C(=O)C2CC3COCC(C2)N3C)cc1. The number of likely N-dealkylation sites (N-methyl/N-ethyl adjacent to an activating group) is 1. The van der Waals surface area contributed by atoms with Crippen molar-refractivity contribution in [3.8, 4) is 0 Å². The van der Waals surface area contributed by atoms with Crippen molar-refractivity contribution in [2.24, 2.45) is 5.92 Å². The molecule has 0 saturated carbocycles. The second-order valence-electron chi connectivity index (χ2n) is 6.82. The maximum absolute atomic E-state index is 12.8. The number of morpholine rings is 1. The van der Waals surface area contributed by atoms with Crippen LogP contribution in [0.5, 0.6) is 0 Å². The molecule has 2 bridgehead atoms. The van der Waals surface area contributed by atoms with Gasteiger partial charge in [0.1, 0.15) is 0 Å². The van der Waals surface area contributed by atoms with Crippen molar-refractivity contribution in [1.82, 2.24) is 4.90 Å². The van der Waals surface area contributed by atoms with E-state index in [-0.39, 0.29) is 5.92 Å². The van der Waals surface area contributed by atoms with Crippen LogP contribution in [0.2, 0.25) is 0 Å². The summed E-state index contributed by atoms with van der Waals surface area (Å²) in [4.78, 5) is 15.2. The number of carbonyl (C=O) groups excluding carboxylic acids is 1. The zero-order valence-corrected chi connectivity index (χ0v) is 13.2. The Morgan fingerprint density at radius 3 is 2.24 bits per heavy atom. The minimum atomic E-state index is 0.157. The molecule has 2 unspecified atom stereocenters. The fourth-order valence-corrected chi connectivity index (χ4v) is 3.58. The highest BCUT2D eigenvalue weighted by Gasteiger charge is 2.39. The van der Waals surface area contributed by atoms with Crippen LogP contribution in [0.15, 0.2) is 24.3 Å². The molecule has 3 rings (SSSR count). The highest BCUT2D eigenvalue weighted by atomic mass is 16.5. The molecule has 0 spiro atoms. The van der Waals surface area contributed by atoms with Gasteiger partial charge in [-0.2, -0.15) is 0 Å². The largest absolute Gasteiger partial charge is 0.378 e. The zero-order valence-electron chi connectivity index (χ0n) is 13.2. The lowest BCUT2D eigenvalue weighted by Crippen LogP contribution is -2.55. The van der Waals surface area contributed by atoms with Crippen LogP contribution >= 0.6 is 0 Å². The standard InChI is InChI=1S/C18H25NO2/c1-12(2)13-4-6-14(7-5-13)18(20)15-8-16-10-21-11-17(9-15)19(16)3/h4-7,12,15-17H,8-11H2,1-3H3. The van der Waals surface area contributed by atoms with Gasteiger partial charge >= 0.3 is 0 Å². The molecule has 0 aromatic heterocycles. The number of ether oxygens (including phenoxy) is 1. The van der Waals surface area contributed by atoms with E-state index in [1.807, 2.05) is 12.1 Å². The molecule has 0 N–H and O–H groups in total. The summed E-state index contributed by atoms with van der Waals surface area (Å²) in [5.74, 6) is 0.981. The quantitative estimate of drug-likeness (QED) is 0.800. The summed E-state index contributed by atoms with van der Waals surface area (Å²) in [6.45, 7) is 5.89. The van der Waals surface area contributed by atoms with Crippen molar-refractivity contribution in [3.63, 3.8) is 0 Å². The third-order valence-corrected chi connectivity index (χ3v) is 5.12. The molecule has 21 heavy (non-hydrogen) atoms. The molecule has 2 aliphatic heterocycles. The van der Waals surface area contributed by atoms with Crippen LogP contribution in [0.25, 0.3) is 0 Å². The molecule has 0 amide bonds. The van der Waals surface area contributed by atoms with E-state index in [9.17, 15) is 4.79 Å². The summed E-state index contributed by atoms with van der Waals surface area (Å²) >= 11 is 0. The van der Waals surface area contributed by atoms with Gasteiger partial charge < -0.3 is 4.74 Å². The average Bonchev–Trinajstić information content (AvgIpc) is 2.46. The van der Waals surface area contributed by atoms with Crippen molar-refractivity contribution in [2.75, 3.05) is 20.3 Å². The van der Waals surface area contributed by atoms with Gasteiger partial charge in [0.25, 0.3) is 0 Å². The summed E-state index contributed by atoms with van der Waals surface area (Å²) < 4.78 is 5.63. The number of carbonyl (C=O) groups is 1. The van der Waals surface area contributed by atoms with Crippen molar-refractivity contribution in [3.05, 3.63) is 35.4 Å². The van der Waals surface area contributed by atoms with Crippen LogP contribution in [0, 0.1) is 5.92 Å². The lowest BCUT2D eigenvalue weighted by molar-refractivity contribution is -0.0702. The van der Waals surface area contributed by atoms with E-state index in [1.165, 1.54) is 5.56 Å². The Hall–Kier alpha value is -1.19. The number of piperidine rings is 1. The van der Waals surface area contributed by atoms with E-state index < -0.39 is 0 Å². The first-order chi connectivity index (χ1) is 10.1. The van der Waals surface area contributed by atoms with Crippen LogP contribution in [0.3, 0.4) is 0 Å². The number of hydrogen-bond acceptors (Lipinski definition) is 3. The fraction of sp³-hybridized carbons (Fsp3) is 0.611. The molecule has 2 heterocycles. The van der Waals surface area contributed by atoms with Gasteiger partial charge in [0.2, 0.25) is 0 Å². The summed E-state index contributed by atoms with van der Waals surface area (Å²) in [6.07, 6.45) is 1.86. The first-order valence-electron chi connectivity index (χ1n) is 8.00.